The number of nitrogens with zero attached hydrogens (tertiary/aromatic N) is 1. The van der Waals surface area contributed by atoms with Gasteiger partial charge in [0.05, 0.1) is 4.92 Å². The van der Waals surface area contributed by atoms with Gasteiger partial charge in [-0.2, -0.15) is 0 Å². The zero-order valence-corrected chi connectivity index (χ0v) is 12.4. The van der Waals surface area contributed by atoms with Gasteiger partial charge in [-0.3, -0.25) is 15.4 Å². The maximum Gasteiger partial charge on any atom is 0.412 e. The van der Waals surface area contributed by atoms with Crippen LogP contribution in [-0.4, -0.2) is 24.5 Å². The van der Waals surface area contributed by atoms with Crippen LogP contribution < -0.4 is 10.8 Å². The summed E-state index contributed by atoms with van der Waals surface area (Å²) < 4.78 is 5.00. The molecule has 1 N–H and O–H groups in total. The summed E-state index contributed by atoms with van der Waals surface area (Å²) in [7, 11) is 5.52. The Balaban J connectivity index is 0.00000172. The molecule has 1 amide bonds. The van der Waals surface area contributed by atoms with Crippen molar-refractivity contribution in [1.29, 1.82) is 0 Å². The van der Waals surface area contributed by atoms with Crippen molar-refractivity contribution in [1.82, 2.24) is 0 Å². The summed E-state index contributed by atoms with van der Waals surface area (Å²) in [6, 6.07) is 3.92. The van der Waals surface area contributed by atoms with Crippen molar-refractivity contribution >= 4 is 30.8 Å². The molecule has 0 aliphatic rings. The molecule has 0 unspecified atom stereocenters. The van der Waals surface area contributed by atoms with Gasteiger partial charge < -0.3 is 4.74 Å². The van der Waals surface area contributed by atoms with Crippen LogP contribution in [0.4, 0.5) is 16.2 Å². The first kappa shape index (κ1) is 18.0. The molecule has 0 atom stereocenters. The smallest absolute Gasteiger partial charge is 0.412 e. The number of benzene rings is 1. The summed E-state index contributed by atoms with van der Waals surface area (Å²) >= 11 is 0. The number of anilines is 1. The average molecular weight is 278 g/mol. The van der Waals surface area contributed by atoms with E-state index in [2.05, 4.69) is 5.32 Å². The van der Waals surface area contributed by atoms with Gasteiger partial charge in [-0.15, -0.1) is 0 Å². The quantitative estimate of drug-likeness (QED) is 0.512. The van der Waals surface area contributed by atoms with Crippen molar-refractivity contribution in [3.63, 3.8) is 0 Å². The average Bonchev–Trinajstić information content (AvgIpc) is 2.28. The first-order valence-electron chi connectivity index (χ1n) is 6.23. The van der Waals surface area contributed by atoms with E-state index in [-0.39, 0.29) is 11.4 Å². The predicted octanol–water partition coefficient (Wildman–Crippen LogP) is 2.76. The van der Waals surface area contributed by atoms with Gasteiger partial charge in [0.2, 0.25) is 0 Å². The number of nitro groups is 1. The van der Waals surface area contributed by atoms with E-state index < -0.39 is 16.6 Å². The largest absolute Gasteiger partial charge is 0.444 e. The predicted molar refractivity (Wildman–Crippen MR) is 79.7 cm³/mol. The number of nitro benzene ring substituents is 1. The molecule has 0 aliphatic carbocycles. The van der Waals surface area contributed by atoms with Crippen LogP contribution in [0.15, 0.2) is 18.2 Å². The molecule has 1 aromatic rings. The first-order valence-corrected chi connectivity index (χ1v) is 6.23. The highest BCUT2D eigenvalue weighted by Crippen LogP contribution is 2.22. The standard InChI is InChI=1S/C11H13BN2O4.C2H6/c1-11(2,3)18-10(15)13-8-6-7(12)4-5-9(8)14(16)17;1-2/h4-6H,1-3H3,(H,13,15);1-2H3. The Kier molecular flexibility index (Phi) is 6.75. The van der Waals surface area contributed by atoms with Crippen molar-refractivity contribution in [2.45, 2.75) is 40.2 Å². The third-order valence-corrected chi connectivity index (χ3v) is 1.85. The van der Waals surface area contributed by atoms with Gasteiger partial charge in [-0.05, 0) is 26.8 Å². The van der Waals surface area contributed by atoms with Crippen LogP contribution in [-0.2, 0) is 4.74 Å². The molecule has 1 aromatic carbocycles. The summed E-state index contributed by atoms with van der Waals surface area (Å²) in [5, 5.41) is 13.1. The van der Waals surface area contributed by atoms with E-state index in [1.807, 2.05) is 13.8 Å². The Labute approximate surface area is 120 Å². The molecular formula is C13H19BN2O4. The summed E-state index contributed by atoms with van der Waals surface area (Å²) in [6.07, 6.45) is -0.767. The van der Waals surface area contributed by atoms with Gasteiger partial charge in [0, 0.05) is 6.07 Å². The van der Waals surface area contributed by atoms with E-state index in [9.17, 15) is 14.9 Å². The van der Waals surface area contributed by atoms with Crippen LogP contribution in [0.5, 0.6) is 0 Å². The highest BCUT2D eigenvalue weighted by Gasteiger charge is 2.20. The van der Waals surface area contributed by atoms with Crippen molar-refractivity contribution in [2.75, 3.05) is 5.32 Å². The fourth-order valence-corrected chi connectivity index (χ4v) is 1.23. The molecule has 0 bridgehead atoms. The molecule has 7 heteroatoms. The molecular weight excluding hydrogens is 259 g/mol. The van der Waals surface area contributed by atoms with Gasteiger partial charge in [0.15, 0.2) is 0 Å². The number of amides is 1. The maximum absolute atomic E-state index is 11.5. The van der Waals surface area contributed by atoms with Crippen LogP contribution in [0.2, 0.25) is 0 Å². The number of carbonyl (C=O) groups is 1. The second-order valence-corrected chi connectivity index (χ2v) is 4.66. The lowest BCUT2D eigenvalue weighted by Crippen LogP contribution is -2.27. The number of hydrogen-bond donors (Lipinski definition) is 1. The third-order valence-electron chi connectivity index (χ3n) is 1.85. The summed E-state index contributed by atoms with van der Waals surface area (Å²) in [4.78, 5) is 21.7. The molecule has 0 heterocycles. The van der Waals surface area contributed by atoms with Crippen LogP contribution in [0.1, 0.15) is 34.6 Å². The number of carbonyl (C=O) groups excluding carboxylic acids is 1. The number of ether oxygens (including phenoxy) is 1. The van der Waals surface area contributed by atoms with Crippen molar-refractivity contribution < 1.29 is 14.5 Å². The van der Waals surface area contributed by atoms with Crippen LogP contribution in [0.3, 0.4) is 0 Å². The number of rotatable bonds is 2. The molecule has 0 aromatic heterocycles. The molecule has 0 aliphatic heterocycles. The Bertz CT molecular complexity index is 484. The minimum absolute atomic E-state index is 0.00856. The van der Waals surface area contributed by atoms with Crippen molar-refractivity contribution in [3.8, 4) is 0 Å². The van der Waals surface area contributed by atoms with Crippen LogP contribution in [0.25, 0.3) is 0 Å². The lowest BCUT2D eigenvalue weighted by atomic mass is 9.95. The van der Waals surface area contributed by atoms with E-state index in [1.165, 1.54) is 18.2 Å². The zero-order chi connectivity index (χ0) is 15.9. The Hall–Kier alpha value is -2.05. The number of nitrogens with one attached hydrogen (secondary N) is 1. The molecule has 6 nitrogen and oxygen atoms in total. The minimum atomic E-state index is -0.767. The Morgan fingerprint density at radius 2 is 1.90 bits per heavy atom. The maximum atomic E-state index is 11.5. The minimum Gasteiger partial charge on any atom is -0.444 e. The molecule has 108 valence electrons. The Morgan fingerprint density at radius 3 is 2.35 bits per heavy atom. The van der Waals surface area contributed by atoms with Gasteiger partial charge in [-0.25, -0.2) is 4.79 Å². The van der Waals surface area contributed by atoms with E-state index in [0.717, 1.165) is 0 Å². The van der Waals surface area contributed by atoms with Crippen molar-refractivity contribution in [3.05, 3.63) is 28.3 Å². The molecule has 2 radical (unpaired) electrons. The molecule has 0 saturated heterocycles. The fourth-order valence-electron chi connectivity index (χ4n) is 1.23. The zero-order valence-electron chi connectivity index (χ0n) is 12.4. The summed E-state index contributed by atoms with van der Waals surface area (Å²) in [6.45, 7) is 9.08. The molecule has 20 heavy (non-hydrogen) atoms. The van der Waals surface area contributed by atoms with E-state index >= 15 is 0 Å². The second kappa shape index (κ2) is 7.52. The lowest BCUT2D eigenvalue weighted by Gasteiger charge is -2.19. The van der Waals surface area contributed by atoms with Crippen LogP contribution >= 0.6 is 0 Å². The lowest BCUT2D eigenvalue weighted by molar-refractivity contribution is -0.383. The molecule has 0 fully saturated rings. The molecule has 1 rings (SSSR count). The molecule has 0 saturated carbocycles. The van der Waals surface area contributed by atoms with E-state index in [4.69, 9.17) is 12.6 Å². The van der Waals surface area contributed by atoms with Gasteiger partial charge >= 0.3 is 6.09 Å². The highest BCUT2D eigenvalue weighted by molar-refractivity contribution is 6.32. The highest BCUT2D eigenvalue weighted by atomic mass is 16.6. The van der Waals surface area contributed by atoms with Gasteiger partial charge in [-0.1, -0.05) is 25.4 Å². The molecule has 0 spiro atoms. The van der Waals surface area contributed by atoms with Crippen molar-refractivity contribution in [2.24, 2.45) is 0 Å². The second-order valence-electron chi connectivity index (χ2n) is 4.66. The van der Waals surface area contributed by atoms with Gasteiger partial charge in [0.1, 0.15) is 19.1 Å². The first-order chi connectivity index (χ1) is 9.19. The summed E-state index contributed by atoms with van der Waals surface area (Å²) in [5.41, 5.74) is -0.602. The Morgan fingerprint density at radius 1 is 1.35 bits per heavy atom. The monoisotopic (exact) mass is 278 g/mol. The normalized spacial score (nSPS) is 10.1. The topological polar surface area (TPSA) is 81.5 Å². The van der Waals surface area contributed by atoms with E-state index in [1.54, 1.807) is 20.8 Å². The van der Waals surface area contributed by atoms with Crippen LogP contribution in [0, 0.1) is 10.1 Å². The van der Waals surface area contributed by atoms with Gasteiger partial charge in [0.25, 0.3) is 5.69 Å². The number of hydrogen-bond acceptors (Lipinski definition) is 4. The van der Waals surface area contributed by atoms with E-state index in [0.29, 0.717) is 5.46 Å². The SMILES string of the molecule is CC.[B]c1ccc([N+](=O)[O-])c(NC(=O)OC(C)(C)C)c1. The fraction of sp³-hybridized carbons (Fsp3) is 0.462. The summed E-state index contributed by atoms with van der Waals surface area (Å²) in [5.74, 6) is 0. The third kappa shape index (κ3) is 6.22.